The van der Waals surface area contributed by atoms with Crippen LogP contribution < -0.4 is 5.69 Å². The smallest absolute Gasteiger partial charge is 0.329 e. The summed E-state index contributed by atoms with van der Waals surface area (Å²) in [6.07, 6.45) is 1.70. The fourth-order valence-corrected chi connectivity index (χ4v) is 5.29. The number of halogens is 2. The molecule has 0 radical (unpaired) electrons. The van der Waals surface area contributed by atoms with E-state index >= 15 is 0 Å². The minimum absolute atomic E-state index is 0.0339. The third-order valence-electron chi connectivity index (χ3n) is 6.94. The molecule has 3 heterocycles. The van der Waals surface area contributed by atoms with E-state index in [1.165, 1.54) is 12.1 Å². The second-order valence-corrected chi connectivity index (χ2v) is 9.40. The first-order chi connectivity index (χ1) is 16.1. The Bertz CT molecular complexity index is 1160. The lowest BCUT2D eigenvalue weighted by Gasteiger charge is -2.32. The van der Waals surface area contributed by atoms with Gasteiger partial charge in [-0.1, -0.05) is 29.8 Å². The van der Waals surface area contributed by atoms with Gasteiger partial charge in [0.25, 0.3) is 0 Å². The van der Waals surface area contributed by atoms with Gasteiger partial charge in [0.2, 0.25) is 0 Å². The number of piperidine rings is 1. The fourth-order valence-electron chi connectivity index (χ4n) is 5.09. The highest BCUT2D eigenvalue weighted by Gasteiger charge is 2.26. The average Bonchev–Trinajstić information content (AvgIpc) is 3.10. The van der Waals surface area contributed by atoms with Gasteiger partial charge in [0, 0.05) is 56.9 Å². The van der Waals surface area contributed by atoms with Crippen molar-refractivity contribution >= 4 is 22.6 Å². The molecular formula is C25H30ClFN4O2. The van der Waals surface area contributed by atoms with Gasteiger partial charge in [-0.3, -0.25) is 18.9 Å². The molecule has 0 bridgehead atoms. The fraction of sp³-hybridized carbons (Fsp3) is 0.480. The van der Waals surface area contributed by atoms with E-state index < -0.39 is 0 Å². The molecule has 6 nitrogen and oxygen atoms in total. The van der Waals surface area contributed by atoms with E-state index in [0.29, 0.717) is 12.1 Å². The standard InChI is InChI=1S/C25H30ClFN4O2/c26-22-4-2-1-3-19(22)18-29-9-7-21(8-10-29)31-24-17-20(27)5-6-23(24)30(25(31)32)12-11-28-13-15-33-16-14-28/h1-6,17,21H,7-16,18H2. The third-order valence-corrected chi connectivity index (χ3v) is 7.31. The molecule has 0 spiro atoms. The number of fused-ring (bicyclic) bond motifs is 1. The summed E-state index contributed by atoms with van der Waals surface area (Å²) in [5.41, 5.74) is 2.60. The molecule has 176 valence electrons. The van der Waals surface area contributed by atoms with Gasteiger partial charge in [-0.05, 0) is 42.7 Å². The van der Waals surface area contributed by atoms with Gasteiger partial charge in [-0.15, -0.1) is 0 Å². The first-order valence-electron chi connectivity index (χ1n) is 11.8. The highest BCUT2D eigenvalue weighted by Crippen LogP contribution is 2.28. The number of benzene rings is 2. The number of nitrogens with zero attached hydrogens (tertiary/aromatic N) is 4. The van der Waals surface area contributed by atoms with Crippen molar-refractivity contribution in [3.63, 3.8) is 0 Å². The van der Waals surface area contributed by atoms with Crippen molar-refractivity contribution in [1.82, 2.24) is 18.9 Å². The third kappa shape index (κ3) is 4.87. The maximum absolute atomic E-state index is 14.2. The number of rotatable bonds is 6. The van der Waals surface area contributed by atoms with Crippen molar-refractivity contribution in [1.29, 1.82) is 0 Å². The van der Waals surface area contributed by atoms with E-state index in [9.17, 15) is 9.18 Å². The van der Waals surface area contributed by atoms with Crippen LogP contribution in [0.5, 0.6) is 0 Å². The van der Waals surface area contributed by atoms with Crippen molar-refractivity contribution < 1.29 is 9.13 Å². The molecule has 0 amide bonds. The van der Waals surface area contributed by atoms with Gasteiger partial charge < -0.3 is 4.74 Å². The van der Waals surface area contributed by atoms with Crippen molar-refractivity contribution in [2.45, 2.75) is 32.0 Å². The Kier molecular flexibility index (Phi) is 6.83. The Morgan fingerprint density at radius 3 is 2.45 bits per heavy atom. The summed E-state index contributed by atoms with van der Waals surface area (Å²) in [7, 11) is 0. The molecule has 8 heteroatoms. The Morgan fingerprint density at radius 1 is 0.939 bits per heavy atom. The molecule has 1 aromatic heterocycles. The molecule has 0 saturated carbocycles. The van der Waals surface area contributed by atoms with E-state index in [2.05, 4.69) is 15.9 Å². The van der Waals surface area contributed by atoms with E-state index in [0.717, 1.165) is 81.4 Å². The van der Waals surface area contributed by atoms with Gasteiger partial charge in [0.15, 0.2) is 0 Å². The van der Waals surface area contributed by atoms with Gasteiger partial charge in [-0.2, -0.15) is 0 Å². The van der Waals surface area contributed by atoms with Gasteiger partial charge in [0.05, 0.1) is 24.2 Å². The number of morpholine rings is 1. The van der Waals surface area contributed by atoms with E-state index in [-0.39, 0.29) is 17.5 Å². The van der Waals surface area contributed by atoms with Crippen LogP contribution in [-0.4, -0.2) is 64.9 Å². The Balaban J connectivity index is 1.34. The minimum Gasteiger partial charge on any atom is -0.379 e. The highest BCUT2D eigenvalue weighted by atomic mass is 35.5. The maximum Gasteiger partial charge on any atom is 0.329 e. The second kappa shape index (κ2) is 9.97. The molecule has 2 aliphatic rings. The molecule has 0 aliphatic carbocycles. The van der Waals surface area contributed by atoms with Gasteiger partial charge in [-0.25, -0.2) is 9.18 Å². The molecule has 2 fully saturated rings. The first kappa shape index (κ1) is 22.6. The molecule has 2 aliphatic heterocycles. The van der Waals surface area contributed by atoms with Gasteiger partial charge >= 0.3 is 5.69 Å². The van der Waals surface area contributed by atoms with Crippen molar-refractivity contribution in [3.05, 3.63) is 69.4 Å². The van der Waals surface area contributed by atoms with Crippen molar-refractivity contribution in [2.24, 2.45) is 0 Å². The van der Waals surface area contributed by atoms with Crippen LogP contribution >= 0.6 is 11.6 Å². The number of ether oxygens (including phenoxy) is 1. The summed E-state index contributed by atoms with van der Waals surface area (Å²) in [5, 5.41) is 0.787. The molecular weight excluding hydrogens is 443 g/mol. The minimum atomic E-state index is -0.308. The molecule has 0 unspecified atom stereocenters. The monoisotopic (exact) mass is 472 g/mol. The molecule has 0 atom stereocenters. The largest absolute Gasteiger partial charge is 0.379 e. The van der Waals surface area contributed by atoms with Crippen molar-refractivity contribution in [2.75, 3.05) is 45.9 Å². The number of imidazole rings is 1. The molecule has 3 aromatic rings. The molecule has 5 rings (SSSR count). The first-order valence-corrected chi connectivity index (χ1v) is 12.1. The van der Waals surface area contributed by atoms with Crippen LogP contribution in [0.3, 0.4) is 0 Å². The zero-order valence-corrected chi connectivity index (χ0v) is 19.5. The topological polar surface area (TPSA) is 42.6 Å². The highest BCUT2D eigenvalue weighted by molar-refractivity contribution is 6.31. The number of likely N-dealkylation sites (tertiary alicyclic amines) is 1. The quantitative estimate of drug-likeness (QED) is 0.548. The summed E-state index contributed by atoms with van der Waals surface area (Å²) in [4.78, 5) is 18.2. The predicted molar refractivity (Wildman–Crippen MR) is 128 cm³/mol. The van der Waals surface area contributed by atoms with Crippen LogP contribution in [0.2, 0.25) is 5.02 Å². The Morgan fingerprint density at radius 2 is 1.70 bits per heavy atom. The summed E-state index contributed by atoms with van der Waals surface area (Å²) in [6.45, 7) is 7.16. The van der Waals surface area contributed by atoms with E-state index in [4.69, 9.17) is 16.3 Å². The van der Waals surface area contributed by atoms with Crippen LogP contribution in [0, 0.1) is 5.82 Å². The summed E-state index contributed by atoms with van der Waals surface area (Å²) in [5.74, 6) is -0.308. The van der Waals surface area contributed by atoms with Crippen LogP contribution in [0.1, 0.15) is 24.4 Å². The van der Waals surface area contributed by atoms with Crippen LogP contribution in [-0.2, 0) is 17.8 Å². The summed E-state index contributed by atoms with van der Waals surface area (Å²) in [6, 6.07) is 12.7. The summed E-state index contributed by atoms with van der Waals surface area (Å²) >= 11 is 6.34. The van der Waals surface area contributed by atoms with Crippen LogP contribution in [0.25, 0.3) is 11.0 Å². The van der Waals surface area contributed by atoms with Crippen molar-refractivity contribution in [3.8, 4) is 0 Å². The lowest BCUT2D eigenvalue weighted by Crippen LogP contribution is -2.40. The molecule has 33 heavy (non-hydrogen) atoms. The number of aromatic nitrogens is 2. The number of hydrogen-bond donors (Lipinski definition) is 0. The average molecular weight is 473 g/mol. The maximum atomic E-state index is 14.2. The normalized spacial score (nSPS) is 18.8. The molecule has 2 aromatic carbocycles. The van der Waals surface area contributed by atoms with E-state index in [1.54, 1.807) is 6.07 Å². The SMILES string of the molecule is O=c1n(CCN2CCOCC2)c2ccc(F)cc2n1C1CCN(Cc2ccccc2Cl)CC1. The van der Waals surface area contributed by atoms with Crippen LogP contribution in [0.4, 0.5) is 4.39 Å². The summed E-state index contributed by atoms with van der Waals surface area (Å²) < 4.78 is 23.3. The lowest BCUT2D eigenvalue weighted by molar-refractivity contribution is 0.0364. The predicted octanol–water partition coefficient (Wildman–Crippen LogP) is 3.76. The lowest BCUT2D eigenvalue weighted by atomic mass is 10.0. The second-order valence-electron chi connectivity index (χ2n) is 8.99. The van der Waals surface area contributed by atoms with Crippen LogP contribution in [0.15, 0.2) is 47.3 Å². The van der Waals surface area contributed by atoms with Gasteiger partial charge in [0.1, 0.15) is 5.82 Å². The Hall–Kier alpha value is -2.19. The zero-order chi connectivity index (χ0) is 22.8. The zero-order valence-electron chi connectivity index (χ0n) is 18.8. The Labute approximate surface area is 198 Å². The number of hydrogen-bond acceptors (Lipinski definition) is 4. The van der Waals surface area contributed by atoms with E-state index in [1.807, 2.05) is 27.3 Å². The molecule has 2 saturated heterocycles. The molecule has 0 N–H and O–H groups in total.